The number of carbonyl (C=O) groups excluding carboxylic acids is 2. The number of rotatable bonds is 4. The molecule has 2 aromatic carbocycles. The molecule has 0 saturated carbocycles. The Hall–Kier alpha value is -3.20. The highest BCUT2D eigenvalue weighted by atomic mass is 35.5. The summed E-state index contributed by atoms with van der Waals surface area (Å²) in [7, 11) is 0. The minimum atomic E-state index is -4.48. The first kappa shape index (κ1) is 19.6. The van der Waals surface area contributed by atoms with E-state index in [4.69, 9.17) is 11.6 Å². The van der Waals surface area contributed by atoms with Crippen LogP contribution in [0.15, 0.2) is 53.2 Å². The van der Waals surface area contributed by atoms with Crippen molar-refractivity contribution in [3.05, 3.63) is 85.6 Å². The van der Waals surface area contributed by atoms with Crippen molar-refractivity contribution in [2.75, 3.05) is 0 Å². The Labute approximate surface area is 160 Å². The fourth-order valence-corrected chi connectivity index (χ4v) is 2.99. The van der Waals surface area contributed by atoms with Gasteiger partial charge in [-0.3, -0.25) is 19.7 Å². The zero-order valence-electron chi connectivity index (χ0n) is 13.8. The van der Waals surface area contributed by atoms with Crippen molar-refractivity contribution in [3.8, 4) is 0 Å². The minimum absolute atomic E-state index is 0.112. The van der Waals surface area contributed by atoms with Gasteiger partial charge in [-0.15, -0.1) is 0 Å². The molecule has 0 fully saturated rings. The fraction of sp³-hybridized carbons (Fsp3) is 0.111. The molecule has 1 N–H and O–H groups in total. The van der Waals surface area contributed by atoms with E-state index in [-0.39, 0.29) is 23.4 Å². The number of carbonyl (C=O) groups is 2. The summed E-state index contributed by atoms with van der Waals surface area (Å²) < 4.78 is 37.8. The summed E-state index contributed by atoms with van der Waals surface area (Å²) in [5.74, 6) is -1.59. The molecule has 0 amide bonds. The van der Waals surface area contributed by atoms with Crippen molar-refractivity contribution in [2.24, 2.45) is 0 Å². The maximum atomic E-state index is 12.7. The minimum Gasteiger partial charge on any atom is -0.376 e. The number of allylic oxidation sites excluding steroid dienone is 2. The van der Waals surface area contributed by atoms with Crippen molar-refractivity contribution in [1.82, 2.24) is 5.32 Å². The van der Waals surface area contributed by atoms with E-state index in [1.807, 2.05) is 0 Å². The van der Waals surface area contributed by atoms with Gasteiger partial charge in [0.25, 0.3) is 5.69 Å². The lowest BCUT2D eigenvalue weighted by Crippen LogP contribution is -2.29. The topological polar surface area (TPSA) is 89.3 Å². The van der Waals surface area contributed by atoms with Crippen molar-refractivity contribution in [1.29, 1.82) is 0 Å². The third-order valence-corrected chi connectivity index (χ3v) is 4.47. The molecule has 0 atom stereocenters. The predicted octanol–water partition coefficient (Wildman–Crippen LogP) is 4.23. The first-order chi connectivity index (χ1) is 13.1. The summed E-state index contributed by atoms with van der Waals surface area (Å²) in [6.45, 7) is -0.112. The molecule has 0 heterocycles. The molecule has 6 nitrogen and oxygen atoms in total. The molecule has 144 valence electrons. The number of nitro benzene ring substituents is 1. The first-order valence-electron chi connectivity index (χ1n) is 7.78. The highest BCUT2D eigenvalue weighted by Gasteiger charge is 2.37. The molecule has 1 aliphatic carbocycles. The molecule has 0 unspecified atom stereocenters. The van der Waals surface area contributed by atoms with E-state index in [1.165, 1.54) is 24.3 Å². The number of ketones is 2. The predicted molar refractivity (Wildman–Crippen MR) is 92.9 cm³/mol. The Balaban J connectivity index is 1.89. The quantitative estimate of drug-likeness (QED) is 0.601. The first-order valence-corrected chi connectivity index (χ1v) is 8.15. The van der Waals surface area contributed by atoms with E-state index in [2.05, 4.69) is 5.32 Å². The summed E-state index contributed by atoms with van der Waals surface area (Å²) in [5, 5.41) is 13.4. The Bertz CT molecular complexity index is 1030. The lowest BCUT2D eigenvalue weighted by Gasteiger charge is -2.19. The smallest absolute Gasteiger partial charge is 0.376 e. The Morgan fingerprint density at radius 3 is 2.25 bits per heavy atom. The summed E-state index contributed by atoms with van der Waals surface area (Å²) in [5.41, 5.74) is -1.87. The molecule has 28 heavy (non-hydrogen) atoms. The van der Waals surface area contributed by atoms with Crippen LogP contribution in [0.4, 0.5) is 18.9 Å². The van der Waals surface area contributed by atoms with Gasteiger partial charge in [-0.1, -0.05) is 29.8 Å². The van der Waals surface area contributed by atoms with Gasteiger partial charge in [-0.05, 0) is 23.8 Å². The van der Waals surface area contributed by atoms with E-state index < -0.39 is 38.9 Å². The summed E-state index contributed by atoms with van der Waals surface area (Å²) in [6.07, 6.45) is -4.48. The number of nitrogens with zero attached hydrogens (tertiary/aromatic N) is 1. The maximum Gasteiger partial charge on any atom is 0.416 e. The number of hydrogen-bond donors (Lipinski definition) is 1. The lowest BCUT2D eigenvalue weighted by molar-refractivity contribution is -0.385. The highest BCUT2D eigenvalue weighted by molar-refractivity contribution is 6.50. The van der Waals surface area contributed by atoms with Crippen molar-refractivity contribution >= 4 is 28.9 Å². The number of Topliss-reactive ketones (excluding diaryl/α,β-unsaturated/α-hetero) is 2. The molecular weight excluding hydrogens is 401 g/mol. The van der Waals surface area contributed by atoms with Crippen molar-refractivity contribution in [3.63, 3.8) is 0 Å². The van der Waals surface area contributed by atoms with Gasteiger partial charge >= 0.3 is 6.18 Å². The maximum absolute atomic E-state index is 12.7. The van der Waals surface area contributed by atoms with Gasteiger partial charge in [-0.2, -0.15) is 13.2 Å². The van der Waals surface area contributed by atoms with Crippen LogP contribution >= 0.6 is 11.6 Å². The molecule has 0 spiro atoms. The molecule has 0 aliphatic heterocycles. The second-order valence-electron chi connectivity index (χ2n) is 5.85. The van der Waals surface area contributed by atoms with Crippen LogP contribution in [0.25, 0.3) is 0 Å². The molecule has 0 aromatic heterocycles. The van der Waals surface area contributed by atoms with Gasteiger partial charge in [0.1, 0.15) is 16.3 Å². The van der Waals surface area contributed by atoms with Crippen molar-refractivity contribution in [2.45, 2.75) is 12.7 Å². The van der Waals surface area contributed by atoms with Crippen LogP contribution in [0.1, 0.15) is 31.8 Å². The van der Waals surface area contributed by atoms with Crippen LogP contribution in [0.3, 0.4) is 0 Å². The van der Waals surface area contributed by atoms with Crippen LogP contribution < -0.4 is 5.32 Å². The average Bonchev–Trinajstić information content (AvgIpc) is 2.65. The number of nitro groups is 1. The molecule has 0 radical (unpaired) electrons. The van der Waals surface area contributed by atoms with Crippen LogP contribution in [0.5, 0.6) is 0 Å². The second kappa shape index (κ2) is 7.08. The zero-order valence-corrected chi connectivity index (χ0v) is 14.6. The number of benzene rings is 2. The Morgan fingerprint density at radius 2 is 1.68 bits per heavy atom. The Kier molecular flexibility index (Phi) is 4.95. The SMILES string of the molecule is O=C1C(Cl)=C(NCc2ccc(C(F)(F)F)cc2)C(=O)c2c1cccc2[N+](=O)[O-]. The number of alkyl halides is 3. The number of hydrogen-bond acceptors (Lipinski definition) is 5. The van der Waals surface area contributed by atoms with Gasteiger partial charge < -0.3 is 5.32 Å². The number of halogens is 4. The van der Waals surface area contributed by atoms with E-state index in [0.29, 0.717) is 5.56 Å². The zero-order chi connectivity index (χ0) is 20.6. The molecule has 10 heteroatoms. The fourth-order valence-electron chi connectivity index (χ4n) is 2.74. The number of fused-ring (bicyclic) bond motifs is 1. The normalized spacial score (nSPS) is 14.1. The summed E-state index contributed by atoms with van der Waals surface area (Å²) >= 11 is 5.97. The van der Waals surface area contributed by atoms with E-state index in [0.717, 1.165) is 18.2 Å². The molecule has 3 rings (SSSR count). The van der Waals surface area contributed by atoms with Crippen LogP contribution in [-0.2, 0) is 12.7 Å². The summed E-state index contributed by atoms with van der Waals surface area (Å²) in [6, 6.07) is 7.79. The van der Waals surface area contributed by atoms with Gasteiger partial charge in [0, 0.05) is 18.2 Å². The monoisotopic (exact) mass is 410 g/mol. The summed E-state index contributed by atoms with van der Waals surface area (Å²) in [4.78, 5) is 35.5. The van der Waals surface area contributed by atoms with Gasteiger partial charge in [0.2, 0.25) is 11.6 Å². The molecule has 0 bridgehead atoms. The molecule has 2 aromatic rings. The molecule has 0 saturated heterocycles. The van der Waals surface area contributed by atoms with Gasteiger partial charge in [0.05, 0.1) is 10.5 Å². The van der Waals surface area contributed by atoms with Crippen molar-refractivity contribution < 1.29 is 27.7 Å². The largest absolute Gasteiger partial charge is 0.416 e. The average molecular weight is 411 g/mol. The standard InChI is InChI=1S/C18H10ClF3N2O4/c19-14-15(23-8-9-4-6-10(7-5-9)18(20,21)22)17(26)13-11(16(14)25)2-1-3-12(13)24(27)28/h1-7,23H,8H2. The van der Waals surface area contributed by atoms with E-state index >= 15 is 0 Å². The van der Waals surface area contributed by atoms with Gasteiger partial charge in [-0.25, -0.2) is 0 Å². The van der Waals surface area contributed by atoms with E-state index in [9.17, 15) is 32.9 Å². The second-order valence-corrected chi connectivity index (χ2v) is 6.23. The Morgan fingerprint density at radius 1 is 1.04 bits per heavy atom. The van der Waals surface area contributed by atoms with Crippen LogP contribution in [0, 0.1) is 10.1 Å². The third kappa shape index (κ3) is 3.48. The van der Waals surface area contributed by atoms with Crippen LogP contribution in [-0.4, -0.2) is 16.5 Å². The van der Waals surface area contributed by atoms with E-state index in [1.54, 1.807) is 0 Å². The van der Waals surface area contributed by atoms with Gasteiger partial charge in [0.15, 0.2) is 0 Å². The number of nitrogens with one attached hydrogen (secondary N) is 1. The lowest BCUT2D eigenvalue weighted by atomic mass is 9.91. The molecule has 1 aliphatic rings. The molecular formula is C18H10ClF3N2O4. The highest BCUT2D eigenvalue weighted by Crippen LogP contribution is 2.33. The van der Waals surface area contributed by atoms with Crippen LogP contribution in [0.2, 0.25) is 0 Å². The third-order valence-electron chi connectivity index (χ3n) is 4.11.